The number of hydrogen-bond donors (Lipinski definition) is 1. The zero-order valence-corrected chi connectivity index (χ0v) is 16.1. The molecular formula is C21H24N4O3. The summed E-state index contributed by atoms with van der Waals surface area (Å²) < 4.78 is 11.1. The molecule has 1 amide bonds. The third-order valence-electron chi connectivity index (χ3n) is 5.18. The second kappa shape index (κ2) is 7.59. The third kappa shape index (κ3) is 3.99. The number of fused-ring (bicyclic) bond motifs is 1. The van der Waals surface area contributed by atoms with E-state index in [1.54, 1.807) is 12.3 Å². The van der Waals surface area contributed by atoms with E-state index in [1.165, 1.54) is 0 Å². The molecule has 1 atom stereocenters. The summed E-state index contributed by atoms with van der Waals surface area (Å²) in [6.07, 6.45) is 2.80. The highest BCUT2D eigenvalue weighted by atomic mass is 16.5. The van der Waals surface area contributed by atoms with E-state index in [1.807, 2.05) is 30.3 Å². The van der Waals surface area contributed by atoms with Gasteiger partial charge in [0.25, 0.3) is 5.91 Å². The van der Waals surface area contributed by atoms with Gasteiger partial charge < -0.3 is 19.5 Å². The Labute approximate surface area is 163 Å². The van der Waals surface area contributed by atoms with Crippen molar-refractivity contribution < 1.29 is 14.1 Å². The van der Waals surface area contributed by atoms with Gasteiger partial charge in [0, 0.05) is 30.7 Å². The van der Waals surface area contributed by atoms with Crippen molar-refractivity contribution in [2.24, 2.45) is 5.41 Å². The van der Waals surface area contributed by atoms with Gasteiger partial charge >= 0.3 is 0 Å². The molecule has 1 aliphatic rings. The summed E-state index contributed by atoms with van der Waals surface area (Å²) >= 11 is 0. The lowest BCUT2D eigenvalue weighted by atomic mass is 9.90. The van der Waals surface area contributed by atoms with Crippen molar-refractivity contribution in [3.8, 4) is 5.75 Å². The lowest BCUT2D eigenvalue weighted by Gasteiger charge is -2.23. The minimum Gasteiger partial charge on any atom is -0.483 e. The molecule has 7 heteroatoms. The zero-order chi connectivity index (χ0) is 19.6. The predicted molar refractivity (Wildman–Crippen MR) is 105 cm³/mol. The van der Waals surface area contributed by atoms with Crippen molar-refractivity contribution >= 4 is 16.8 Å². The molecule has 1 fully saturated rings. The Bertz CT molecular complexity index is 981. The molecule has 0 spiro atoms. The first kappa shape index (κ1) is 18.4. The molecule has 146 valence electrons. The van der Waals surface area contributed by atoms with Crippen LogP contribution in [0.25, 0.3) is 10.9 Å². The first-order chi connectivity index (χ1) is 13.5. The Morgan fingerprint density at radius 2 is 2.21 bits per heavy atom. The van der Waals surface area contributed by atoms with Crippen molar-refractivity contribution in [1.82, 2.24) is 20.4 Å². The Hall–Kier alpha value is -2.93. The molecule has 1 saturated heterocycles. The molecule has 1 aliphatic heterocycles. The topological polar surface area (TPSA) is 80.5 Å². The molecule has 7 nitrogen and oxygen atoms in total. The van der Waals surface area contributed by atoms with E-state index in [-0.39, 0.29) is 23.6 Å². The fourth-order valence-electron chi connectivity index (χ4n) is 3.63. The van der Waals surface area contributed by atoms with Gasteiger partial charge in [0.05, 0.1) is 0 Å². The van der Waals surface area contributed by atoms with Gasteiger partial charge in [0.2, 0.25) is 0 Å². The molecule has 1 N–H and O–H groups in total. The van der Waals surface area contributed by atoms with E-state index in [4.69, 9.17) is 9.26 Å². The highest BCUT2D eigenvalue weighted by Gasteiger charge is 2.32. The average molecular weight is 380 g/mol. The van der Waals surface area contributed by atoms with Crippen LogP contribution in [0.15, 0.2) is 47.1 Å². The average Bonchev–Trinajstić information content (AvgIpc) is 3.31. The maximum absolute atomic E-state index is 12.4. The smallest absolute Gasteiger partial charge is 0.273 e. The van der Waals surface area contributed by atoms with Gasteiger partial charge in [-0.2, -0.15) is 0 Å². The number of amides is 1. The van der Waals surface area contributed by atoms with Crippen LogP contribution < -0.4 is 10.1 Å². The van der Waals surface area contributed by atoms with E-state index in [9.17, 15) is 4.79 Å². The maximum Gasteiger partial charge on any atom is 0.273 e. The number of hydrogen-bond acceptors (Lipinski definition) is 6. The van der Waals surface area contributed by atoms with Crippen LogP contribution in [0.3, 0.4) is 0 Å². The highest BCUT2D eigenvalue weighted by Crippen LogP contribution is 2.28. The summed E-state index contributed by atoms with van der Waals surface area (Å²) in [5, 5.41) is 7.86. The predicted octanol–water partition coefficient (Wildman–Crippen LogP) is 2.87. The normalized spacial score (nSPS) is 19.8. The van der Waals surface area contributed by atoms with Gasteiger partial charge in [-0.1, -0.05) is 30.3 Å². The van der Waals surface area contributed by atoms with Gasteiger partial charge in [-0.05, 0) is 37.6 Å². The summed E-state index contributed by atoms with van der Waals surface area (Å²) in [5.74, 6) is 0.932. The van der Waals surface area contributed by atoms with Crippen molar-refractivity contribution in [1.29, 1.82) is 0 Å². The van der Waals surface area contributed by atoms with Crippen molar-refractivity contribution in [2.75, 3.05) is 26.7 Å². The lowest BCUT2D eigenvalue weighted by molar-refractivity contribution is 0.0925. The van der Waals surface area contributed by atoms with Crippen LogP contribution in [0, 0.1) is 5.41 Å². The minimum absolute atomic E-state index is 0.0987. The number of aromatic nitrogens is 2. The Kier molecular flexibility index (Phi) is 5.00. The third-order valence-corrected chi connectivity index (χ3v) is 5.18. The van der Waals surface area contributed by atoms with Crippen LogP contribution in [0.2, 0.25) is 0 Å². The molecule has 3 heterocycles. The van der Waals surface area contributed by atoms with Crippen LogP contribution in [0.1, 0.15) is 29.6 Å². The molecular weight excluding hydrogens is 356 g/mol. The number of para-hydroxylation sites is 1. The molecule has 1 aromatic carbocycles. The fourth-order valence-corrected chi connectivity index (χ4v) is 3.63. The molecule has 0 saturated carbocycles. The van der Waals surface area contributed by atoms with Gasteiger partial charge in [-0.25, -0.2) is 0 Å². The van der Waals surface area contributed by atoms with Crippen molar-refractivity contribution in [2.45, 2.75) is 20.0 Å². The number of nitrogens with zero attached hydrogens (tertiary/aromatic N) is 3. The van der Waals surface area contributed by atoms with Crippen molar-refractivity contribution in [3.05, 3.63) is 54.0 Å². The van der Waals surface area contributed by atoms with Crippen LogP contribution in [-0.4, -0.2) is 47.6 Å². The number of likely N-dealkylation sites (tertiary alicyclic amines) is 1. The quantitative estimate of drug-likeness (QED) is 0.708. The first-order valence-electron chi connectivity index (χ1n) is 9.41. The monoisotopic (exact) mass is 380 g/mol. The van der Waals surface area contributed by atoms with E-state index >= 15 is 0 Å². The molecule has 0 bridgehead atoms. The molecule has 2 aromatic heterocycles. The van der Waals surface area contributed by atoms with Crippen LogP contribution in [-0.2, 0) is 6.61 Å². The molecule has 0 aliphatic carbocycles. The highest BCUT2D eigenvalue weighted by molar-refractivity contribution is 5.92. The minimum atomic E-state index is -0.224. The van der Waals surface area contributed by atoms with Gasteiger partial charge in [0.15, 0.2) is 11.5 Å². The lowest BCUT2D eigenvalue weighted by Crippen LogP contribution is -2.37. The van der Waals surface area contributed by atoms with E-state index in [2.05, 4.69) is 34.3 Å². The SMILES string of the molecule is CN1CC[C@](C)(CNC(=O)c2cc(COc3cccc4cccnc34)on2)C1. The van der Waals surface area contributed by atoms with E-state index in [0.717, 1.165) is 30.4 Å². The molecule has 3 aromatic rings. The number of carbonyl (C=O) groups excluding carboxylic acids is 1. The number of carbonyl (C=O) groups is 1. The number of benzene rings is 1. The molecule has 0 unspecified atom stereocenters. The summed E-state index contributed by atoms with van der Waals surface area (Å²) in [6, 6.07) is 11.2. The van der Waals surface area contributed by atoms with Gasteiger partial charge in [-0.3, -0.25) is 9.78 Å². The Morgan fingerprint density at radius 3 is 3.04 bits per heavy atom. The summed E-state index contributed by atoms with van der Waals surface area (Å²) in [6.45, 7) is 5.02. The number of nitrogens with one attached hydrogen (secondary N) is 1. The Morgan fingerprint density at radius 1 is 1.36 bits per heavy atom. The van der Waals surface area contributed by atoms with E-state index < -0.39 is 0 Å². The largest absolute Gasteiger partial charge is 0.483 e. The van der Waals surface area contributed by atoms with Crippen LogP contribution in [0.5, 0.6) is 5.75 Å². The maximum atomic E-state index is 12.4. The standard InChI is InChI=1S/C21H24N4O3/c1-21(8-10-25(2)14-21)13-23-20(26)17-11-16(28-24-17)12-27-18-7-3-5-15-6-4-9-22-19(15)18/h3-7,9,11H,8,10,12-14H2,1-2H3,(H,23,26)/t21-/m1/s1. The first-order valence-corrected chi connectivity index (χ1v) is 9.41. The number of ether oxygens (including phenoxy) is 1. The number of pyridine rings is 1. The van der Waals surface area contributed by atoms with Gasteiger partial charge in [-0.15, -0.1) is 0 Å². The van der Waals surface area contributed by atoms with Crippen LogP contribution >= 0.6 is 0 Å². The second-order valence-corrected chi connectivity index (χ2v) is 7.78. The summed E-state index contributed by atoms with van der Waals surface area (Å²) in [5.41, 5.74) is 1.16. The molecule has 28 heavy (non-hydrogen) atoms. The van der Waals surface area contributed by atoms with Crippen LogP contribution in [0.4, 0.5) is 0 Å². The fraction of sp³-hybridized carbons (Fsp3) is 0.381. The number of rotatable bonds is 6. The molecule has 4 rings (SSSR count). The summed E-state index contributed by atoms with van der Waals surface area (Å²) in [7, 11) is 2.10. The molecule has 0 radical (unpaired) electrons. The van der Waals surface area contributed by atoms with Gasteiger partial charge in [0.1, 0.15) is 17.9 Å². The summed E-state index contributed by atoms with van der Waals surface area (Å²) in [4.78, 5) is 19.0. The van der Waals surface area contributed by atoms with E-state index in [0.29, 0.717) is 18.1 Å². The van der Waals surface area contributed by atoms with Crippen molar-refractivity contribution in [3.63, 3.8) is 0 Å². The second-order valence-electron chi connectivity index (χ2n) is 7.78. The zero-order valence-electron chi connectivity index (χ0n) is 16.1. The Balaban J connectivity index is 1.36.